The van der Waals surface area contributed by atoms with Gasteiger partial charge in [0.2, 0.25) is 5.91 Å². The van der Waals surface area contributed by atoms with Gasteiger partial charge in [0.05, 0.1) is 16.6 Å². The minimum Gasteiger partial charge on any atom is -0.309 e. The van der Waals surface area contributed by atoms with Crippen LogP contribution in [0.25, 0.3) is 0 Å². The lowest BCUT2D eigenvalue weighted by Gasteiger charge is -2.04. The fourth-order valence-electron chi connectivity index (χ4n) is 2.55. The Morgan fingerprint density at radius 1 is 1.04 bits per heavy atom. The van der Waals surface area contributed by atoms with Crippen LogP contribution in [-0.2, 0) is 17.8 Å². The molecule has 3 rings (SSSR count). The summed E-state index contributed by atoms with van der Waals surface area (Å²) in [5.41, 5.74) is 2.16. The zero-order chi connectivity index (χ0) is 18.4. The average Bonchev–Trinajstić information content (AvgIpc) is 3.05. The van der Waals surface area contributed by atoms with Crippen LogP contribution < -0.4 is 5.32 Å². The Bertz CT molecular complexity index is 880. The molecule has 2 aromatic heterocycles. The second-order valence-corrected chi connectivity index (χ2v) is 6.72. The first-order valence-electron chi connectivity index (χ1n) is 8.26. The Hall–Kier alpha value is -2.37. The molecule has 1 amide bonds. The van der Waals surface area contributed by atoms with Gasteiger partial charge in [-0.3, -0.25) is 14.5 Å². The maximum Gasteiger partial charge on any atom is 0.225 e. The number of hydrogen-bond acceptors (Lipinski definition) is 3. The first-order valence-corrected chi connectivity index (χ1v) is 9.02. The molecule has 1 N–H and O–H groups in total. The molecule has 0 saturated carbocycles. The van der Waals surface area contributed by atoms with Crippen LogP contribution in [0, 0.1) is 0 Å². The van der Waals surface area contributed by atoms with E-state index < -0.39 is 0 Å². The van der Waals surface area contributed by atoms with Crippen LogP contribution in [0.3, 0.4) is 0 Å². The normalized spacial score (nSPS) is 10.7. The van der Waals surface area contributed by atoms with Crippen LogP contribution in [0.4, 0.5) is 5.82 Å². The van der Waals surface area contributed by atoms with Gasteiger partial charge in [-0.25, -0.2) is 0 Å². The Labute approximate surface area is 162 Å². The van der Waals surface area contributed by atoms with Crippen molar-refractivity contribution in [3.63, 3.8) is 0 Å². The Balaban J connectivity index is 1.45. The van der Waals surface area contributed by atoms with Crippen LogP contribution in [-0.4, -0.2) is 20.7 Å². The van der Waals surface area contributed by atoms with Crippen LogP contribution in [0.1, 0.15) is 24.0 Å². The number of aromatic nitrogens is 3. The first kappa shape index (κ1) is 18.4. The van der Waals surface area contributed by atoms with Gasteiger partial charge in [0, 0.05) is 31.1 Å². The van der Waals surface area contributed by atoms with Gasteiger partial charge >= 0.3 is 0 Å². The van der Waals surface area contributed by atoms with Crippen LogP contribution in [0.5, 0.6) is 0 Å². The van der Waals surface area contributed by atoms with Gasteiger partial charge in [-0.2, -0.15) is 5.10 Å². The molecule has 0 atom stereocenters. The summed E-state index contributed by atoms with van der Waals surface area (Å²) >= 11 is 11.9. The van der Waals surface area contributed by atoms with E-state index in [0.717, 1.165) is 24.0 Å². The van der Waals surface area contributed by atoms with Crippen molar-refractivity contribution in [3.05, 3.63) is 76.2 Å². The maximum absolute atomic E-state index is 12.1. The van der Waals surface area contributed by atoms with Crippen LogP contribution in [0.2, 0.25) is 10.0 Å². The van der Waals surface area contributed by atoms with Gasteiger partial charge < -0.3 is 5.32 Å². The van der Waals surface area contributed by atoms with Gasteiger partial charge in [-0.15, -0.1) is 0 Å². The molecule has 2 heterocycles. The van der Waals surface area contributed by atoms with E-state index in [1.54, 1.807) is 29.2 Å². The first-order chi connectivity index (χ1) is 12.6. The highest BCUT2D eigenvalue weighted by Crippen LogP contribution is 2.23. The number of rotatable bonds is 7. The van der Waals surface area contributed by atoms with Crippen molar-refractivity contribution in [2.45, 2.75) is 25.8 Å². The molecule has 0 spiro atoms. The predicted octanol–water partition coefficient (Wildman–Crippen LogP) is 4.59. The molecule has 0 aliphatic rings. The highest BCUT2D eigenvalue weighted by Gasteiger charge is 2.06. The molecule has 26 heavy (non-hydrogen) atoms. The molecule has 0 fully saturated rings. The Morgan fingerprint density at radius 3 is 2.62 bits per heavy atom. The van der Waals surface area contributed by atoms with Crippen molar-refractivity contribution < 1.29 is 4.79 Å². The number of amides is 1. The molecule has 0 radical (unpaired) electrons. The van der Waals surface area contributed by atoms with Gasteiger partial charge in [-0.1, -0.05) is 29.3 Å². The summed E-state index contributed by atoms with van der Waals surface area (Å²) in [6.45, 7) is 0.635. The van der Waals surface area contributed by atoms with Crippen molar-refractivity contribution in [1.29, 1.82) is 0 Å². The number of halogens is 2. The van der Waals surface area contributed by atoms with E-state index in [0.29, 0.717) is 28.8 Å². The second kappa shape index (κ2) is 8.83. The molecule has 5 nitrogen and oxygen atoms in total. The van der Waals surface area contributed by atoms with E-state index in [4.69, 9.17) is 23.2 Å². The highest BCUT2D eigenvalue weighted by atomic mass is 35.5. The largest absolute Gasteiger partial charge is 0.309 e. The lowest BCUT2D eigenvalue weighted by atomic mass is 10.1. The number of benzene rings is 1. The molecule has 0 saturated heterocycles. The topological polar surface area (TPSA) is 59.8 Å². The fraction of sp³-hybridized carbons (Fsp3) is 0.211. The van der Waals surface area contributed by atoms with Crippen molar-refractivity contribution in [3.8, 4) is 0 Å². The summed E-state index contributed by atoms with van der Waals surface area (Å²) in [5, 5.41) is 8.26. The van der Waals surface area contributed by atoms with Crippen molar-refractivity contribution in [2.75, 3.05) is 5.32 Å². The third kappa shape index (κ3) is 5.31. The molecule has 7 heteroatoms. The third-order valence-electron chi connectivity index (χ3n) is 3.86. The molecule has 0 aliphatic heterocycles. The summed E-state index contributed by atoms with van der Waals surface area (Å²) in [4.78, 5) is 16.1. The fourth-order valence-corrected chi connectivity index (χ4v) is 2.87. The summed E-state index contributed by atoms with van der Waals surface area (Å²) in [6, 6.07) is 11.2. The summed E-state index contributed by atoms with van der Waals surface area (Å²) in [7, 11) is 0. The second-order valence-electron chi connectivity index (χ2n) is 5.90. The highest BCUT2D eigenvalue weighted by molar-refractivity contribution is 6.42. The summed E-state index contributed by atoms with van der Waals surface area (Å²) in [6.07, 6.45) is 7.23. The number of hydrogen-bond donors (Lipinski definition) is 1. The van der Waals surface area contributed by atoms with E-state index in [1.807, 2.05) is 30.5 Å². The zero-order valence-corrected chi connectivity index (χ0v) is 15.5. The SMILES string of the molecule is O=C(CCCc1ccc(Cl)c(Cl)c1)Nc1ccn(Cc2ccncc2)n1. The van der Waals surface area contributed by atoms with E-state index in [1.165, 1.54) is 0 Å². The Kier molecular flexibility index (Phi) is 6.26. The van der Waals surface area contributed by atoms with E-state index in [-0.39, 0.29) is 5.91 Å². The van der Waals surface area contributed by atoms with Crippen molar-refractivity contribution >= 4 is 34.9 Å². The number of anilines is 1. The molecule has 3 aromatic rings. The standard InChI is InChI=1S/C19H18Cl2N4O/c20-16-5-4-14(12-17(16)21)2-1-3-19(26)23-18-8-11-25(24-18)13-15-6-9-22-10-7-15/h4-12H,1-3,13H2,(H,23,24,26). The van der Waals surface area contributed by atoms with Crippen molar-refractivity contribution in [1.82, 2.24) is 14.8 Å². The average molecular weight is 389 g/mol. The number of aryl methyl sites for hydroxylation is 1. The quantitative estimate of drug-likeness (QED) is 0.643. The van der Waals surface area contributed by atoms with Crippen LogP contribution >= 0.6 is 23.2 Å². The lowest BCUT2D eigenvalue weighted by molar-refractivity contribution is -0.116. The summed E-state index contributed by atoms with van der Waals surface area (Å²) in [5.74, 6) is 0.498. The van der Waals surface area contributed by atoms with Gasteiger partial charge in [0.25, 0.3) is 0 Å². The van der Waals surface area contributed by atoms with E-state index in [9.17, 15) is 4.79 Å². The number of nitrogens with zero attached hydrogens (tertiary/aromatic N) is 3. The van der Waals surface area contributed by atoms with Gasteiger partial charge in [0.15, 0.2) is 5.82 Å². The molecular formula is C19H18Cl2N4O. The third-order valence-corrected chi connectivity index (χ3v) is 4.59. The van der Waals surface area contributed by atoms with Crippen LogP contribution in [0.15, 0.2) is 55.0 Å². The number of carbonyl (C=O) groups is 1. The monoisotopic (exact) mass is 388 g/mol. The number of carbonyl (C=O) groups excluding carboxylic acids is 1. The molecule has 0 unspecified atom stereocenters. The molecule has 1 aromatic carbocycles. The van der Waals surface area contributed by atoms with Crippen molar-refractivity contribution in [2.24, 2.45) is 0 Å². The molecule has 0 bridgehead atoms. The maximum atomic E-state index is 12.1. The minimum absolute atomic E-state index is 0.0563. The zero-order valence-electron chi connectivity index (χ0n) is 14.0. The molecule has 0 aliphatic carbocycles. The number of pyridine rings is 1. The number of nitrogens with one attached hydrogen (secondary N) is 1. The predicted molar refractivity (Wildman–Crippen MR) is 104 cm³/mol. The lowest BCUT2D eigenvalue weighted by Crippen LogP contribution is -2.12. The van der Waals surface area contributed by atoms with Gasteiger partial charge in [0.1, 0.15) is 0 Å². The van der Waals surface area contributed by atoms with E-state index in [2.05, 4.69) is 15.4 Å². The van der Waals surface area contributed by atoms with E-state index >= 15 is 0 Å². The van der Waals surface area contributed by atoms with Gasteiger partial charge in [-0.05, 0) is 48.2 Å². The minimum atomic E-state index is -0.0563. The molecule has 134 valence electrons. The summed E-state index contributed by atoms with van der Waals surface area (Å²) < 4.78 is 1.78. The molecular weight excluding hydrogens is 371 g/mol. The Morgan fingerprint density at radius 2 is 1.85 bits per heavy atom. The smallest absolute Gasteiger partial charge is 0.225 e.